The Kier molecular flexibility index (Phi) is 3.75. The van der Waals surface area contributed by atoms with Gasteiger partial charge in [0.15, 0.2) is 0 Å². The summed E-state index contributed by atoms with van der Waals surface area (Å²) in [6.45, 7) is 4.48. The summed E-state index contributed by atoms with van der Waals surface area (Å²) in [5, 5.41) is 1.64. The van der Waals surface area contributed by atoms with Crippen molar-refractivity contribution < 1.29 is 8.42 Å². The third-order valence-electron chi connectivity index (χ3n) is 1.88. The summed E-state index contributed by atoms with van der Waals surface area (Å²) in [4.78, 5) is 0. The molecular formula is C9H16N2O2S2. The molecule has 0 unspecified atom stereocenters. The molecule has 0 fully saturated rings. The number of hydrogen-bond acceptors (Lipinski definition) is 4. The minimum absolute atomic E-state index is 0.307. The van der Waals surface area contributed by atoms with Crippen LogP contribution < -0.4 is 5.73 Å². The highest BCUT2D eigenvalue weighted by Gasteiger charge is 2.22. The van der Waals surface area contributed by atoms with Gasteiger partial charge in [0.1, 0.15) is 4.21 Å². The summed E-state index contributed by atoms with van der Waals surface area (Å²) in [5.74, 6) is 0.307. The van der Waals surface area contributed by atoms with Crippen molar-refractivity contribution in [3.8, 4) is 0 Å². The Balaban J connectivity index is 2.93. The molecule has 0 amide bonds. The lowest BCUT2D eigenvalue weighted by Crippen LogP contribution is -2.29. The highest BCUT2D eigenvalue weighted by molar-refractivity contribution is 7.91. The van der Waals surface area contributed by atoms with Crippen LogP contribution in [-0.4, -0.2) is 26.3 Å². The van der Waals surface area contributed by atoms with Gasteiger partial charge >= 0.3 is 0 Å². The van der Waals surface area contributed by atoms with Gasteiger partial charge in [0, 0.05) is 24.7 Å². The fourth-order valence-electron chi connectivity index (χ4n) is 1.23. The molecule has 4 nitrogen and oxygen atoms in total. The molecule has 2 N–H and O–H groups in total. The topological polar surface area (TPSA) is 63.4 Å². The van der Waals surface area contributed by atoms with Crippen molar-refractivity contribution in [3.63, 3.8) is 0 Å². The first-order valence-corrected chi connectivity index (χ1v) is 6.96. The van der Waals surface area contributed by atoms with E-state index < -0.39 is 10.0 Å². The number of anilines is 1. The van der Waals surface area contributed by atoms with Crippen LogP contribution in [0.1, 0.15) is 13.8 Å². The normalized spacial score (nSPS) is 12.6. The standard InChI is InChI=1S/C9H16N2O2S2/c1-7(2)5-11(3)15(12,13)9-4-8(10)6-14-9/h4,6-7H,5,10H2,1-3H3. The SMILES string of the molecule is CC(C)CN(C)S(=O)(=O)c1cc(N)cs1. The first-order chi connectivity index (χ1) is 6.84. The van der Waals surface area contributed by atoms with Gasteiger partial charge in [-0.1, -0.05) is 13.8 Å². The first-order valence-electron chi connectivity index (χ1n) is 4.64. The monoisotopic (exact) mass is 248 g/mol. The molecule has 1 aromatic rings. The zero-order valence-corrected chi connectivity index (χ0v) is 10.7. The van der Waals surface area contributed by atoms with Crippen molar-refractivity contribution in [2.45, 2.75) is 18.1 Å². The molecule has 0 saturated carbocycles. The van der Waals surface area contributed by atoms with Crippen molar-refractivity contribution in [2.75, 3.05) is 19.3 Å². The van der Waals surface area contributed by atoms with Crippen molar-refractivity contribution in [3.05, 3.63) is 11.4 Å². The highest BCUT2D eigenvalue weighted by atomic mass is 32.2. The molecule has 0 spiro atoms. The van der Waals surface area contributed by atoms with Gasteiger partial charge in [0.2, 0.25) is 0 Å². The lowest BCUT2D eigenvalue weighted by molar-refractivity contribution is 0.418. The van der Waals surface area contributed by atoms with Crippen LogP contribution in [0.3, 0.4) is 0 Å². The summed E-state index contributed by atoms with van der Waals surface area (Å²) in [6.07, 6.45) is 0. The average molecular weight is 248 g/mol. The van der Waals surface area contributed by atoms with E-state index in [0.29, 0.717) is 22.4 Å². The first kappa shape index (κ1) is 12.5. The largest absolute Gasteiger partial charge is 0.398 e. The molecule has 1 aromatic heterocycles. The molecule has 86 valence electrons. The smallest absolute Gasteiger partial charge is 0.252 e. The Morgan fingerprint density at radius 3 is 2.53 bits per heavy atom. The van der Waals surface area contributed by atoms with E-state index in [1.54, 1.807) is 12.4 Å². The van der Waals surface area contributed by atoms with E-state index >= 15 is 0 Å². The number of rotatable bonds is 4. The van der Waals surface area contributed by atoms with Crippen molar-refractivity contribution in [1.29, 1.82) is 0 Å². The minimum Gasteiger partial charge on any atom is -0.398 e. The second-order valence-electron chi connectivity index (χ2n) is 3.88. The molecule has 1 rings (SSSR count). The van der Waals surface area contributed by atoms with Crippen LogP contribution in [-0.2, 0) is 10.0 Å². The number of sulfonamides is 1. The molecule has 0 aromatic carbocycles. The van der Waals surface area contributed by atoms with Crippen molar-refractivity contribution in [2.24, 2.45) is 5.92 Å². The minimum atomic E-state index is -3.34. The second-order valence-corrected chi connectivity index (χ2v) is 7.06. The van der Waals surface area contributed by atoms with E-state index in [-0.39, 0.29) is 0 Å². The van der Waals surface area contributed by atoms with E-state index in [1.165, 1.54) is 10.4 Å². The Labute approximate surface area is 94.8 Å². The molecule has 15 heavy (non-hydrogen) atoms. The van der Waals surface area contributed by atoms with E-state index in [4.69, 9.17) is 5.73 Å². The third-order valence-corrected chi connectivity index (χ3v) is 5.14. The molecule has 0 bridgehead atoms. The zero-order chi connectivity index (χ0) is 11.6. The van der Waals surface area contributed by atoms with E-state index in [2.05, 4.69) is 0 Å². The highest BCUT2D eigenvalue weighted by Crippen LogP contribution is 2.24. The van der Waals surface area contributed by atoms with Gasteiger partial charge < -0.3 is 5.73 Å². The molecule has 0 atom stereocenters. The lowest BCUT2D eigenvalue weighted by Gasteiger charge is -2.17. The quantitative estimate of drug-likeness (QED) is 0.880. The average Bonchev–Trinajstić information content (AvgIpc) is 2.50. The van der Waals surface area contributed by atoms with Crippen LogP contribution in [0.25, 0.3) is 0 Å². The van der Waals surface area contributed by atoms with Gasteiger partial charge in [-0.2, -0.15) is 4.31 Å². The van der Waals surface area contributed by atoms with Crippen molar-refractivity contribution in [1.82, 2.24) is 4.31 Å². The maximum Gasteiger partial charge on any atom is 0.252 e. The van der Waals surface area contributed by atoms with Gasteiger partial charge in [0.25, 0.3) is 10.0 Å². The maximum atomic E-state index is 12.0. The molecule has 0 aliphatic heterocycles. The number of nitrogen functional groups attached to an aromatic ring is 1. The predicted molar refractivity (Wildman–Crippen MR) is 63.4 cm³/mol. The fourth-order valence-corrected chi connectivity index (χ4v) is 3.85. The number of thiophene rings is 1. The summed E-state index contributed by atoms with van der Waals surface area (Å²) < 4.78 is 25.6. The van der Waals surface area contributed by atoms with E-state index in [9.17, 15) is 8.42 Å². The van der Waals surface area contributed by atoms with Crippen LogP contribution >= 0.6 is 11.3 Å². The van der Waals surface area contributed by atoms with Crippen molar-refractivity contribution >= 4 is 27.0 Å². The van der Waals surface area contributed by atoms with Crippen LogP contribution in [0, 0.1) is 5.92 Å². The van der Waals surface area contributed by atoms with Crippen LogP contribution in [0.4, 0.5) is 5.69 Å². The summed E-state index contributed by atoms with van der Waals surface area (Å²) >= 11 is 1.16. The van der Waals surface area contributed by atoms with Crippen LogP contribution in [0.2, 0.25) is 0 Å². The molecule has 0 saturated heterocycles. The number of nitrogens with two attached hydrogens (primary N) is 1. The fraction of sp³-hybridized carbons (Fsp3) is 0.556. The Bertz CT molecular complexity index is 423. The van der Waals surface area contributed by atoms with Crippen LogP contribution in [0.15, 0.2) is 15.7 Å². The molecule has 0 aliphatic carbocycles. The van der Waals surface area contributed by atoms with E-state index in [1.807, 2.05) is 13.8 Å². The molecule has 0 aliphatic rings. The van der Waals surface area contributed by atoms with E-state index in [0.717, 1.165) is 11.3 Å². The van der Waals surface area contributed by atoms with Gasteiger partial charge in [-0.15, -0.1) is 11.3 Å². The summed E-state index contributed by atoms with van der Waals surface area (Å²) in [7, 11) is -1.75. The second kappa shape index (κ2) is 4.51. The zero-order valence-electron chi connectivity index (χ0n) is 9.10. The van der Waals surface area contributed by atoms with Gasteiger partial charge in [0.05, 0.1) is 0 Å². The maximum absolute atomic E-state index is 12.0. The third kappa shape index (κ3) is 2.93. The van der Waals surface area contributed by atoms with Gasteiger partial charge in [-0.05, 0) is 12.0 Å². The predicted octanol–water partition coefficient (Wildman–Crippen LogP) is 1.61. The molecule has 0 radical (unpaired) electrons. The molecular weight excluding hydrogens is 232 g/mol. The number of hydrogen-bond donors (Lipinski definition) is 1. The lowest BCUT2D eigenvalue weighted by atomic mass is 10.2. The van der Waals surface area contributed by atoms with Gasteiger partial charge in [-0.3, -0.25) is 0 Å². The van der Waals surface area contributed by atoms with Crippen LogP contribution in [0.5, 0.6) is 0 Å². The Hall–Kier alpha value is -0.590. The summed E-state index contributed by atoms with van der Waals surface area (Å²) in [5.41, 5.74) is 6.00. The van der Waals surface area contributed by atoms with Gasteiger partial charge in [-0.25, -0.2) is 8.42 Å². The Morgan fingerprint density at radius 2 is 2.13 bits per heavy atom. The molecule has 6 heteroatoms. The number of nitrogens with zero attached hydrogens (tertiary/aromatic N) is 1. The summed E-state index contributed by atoms with van der Waals surface area (Å²) in [6, 6.07) is 1.50. The molecule has 1 heterocycles. The Morgan fingerprint density at radius 1 is 1.53 bits per heavy atom.